The van der Waals surface area contributed by atoms with Crippen LogP contribution in [0.3, 0.4) is 0 Å². The number of fused-ring (bicyclic) bond motifs is 1. The van der Waals surface area contributed by atoms with Crippen molar-refractivity contribution < 1.29 is 4.42 Å². The quantitative estimate of drug-likeness (QED) is 0.615. The molecule has 0 amide bonds. The summed E-state index contributed by atoms with van der Waals surface area (Å²) in [5.74, 6) is 0.818. The van der Waals surface area contributed by atoms with E-state index < -0.39 is 0 Å². The van der Waals surface area contributed by atoms with Crippen molar-refractivity contribution >= 4 is 33.2 Å². The van der Waals surface area contributed by atoms with Gasteiger partial charge in [-0.05, 0) is 19.1 Å². The summed E-state index contributed by atoms with van der Waals surface area (Å²) >= 11 is 7.62. The largest absolute Gasteiger partial charge is 0.464 e. The molecule has 0 bridgehead atoms. The van der Waals surface area contributed by atoms with Crippen LogP contribution >= 0.6 is 22.9 Å². The molecule has 0 saturated heterocycles. The average Bonchev–Trinajstić information content (AvgIpc) is 2.85. The van der Waals surface area contributed by atoms with Crippen LogP contribution in [0.25, 0.3) is 21.5 Å². The summed E-state index contributed by atoms with van der Waals surface area (Å²) in [6.45, 7) is 2.03. The second kappa shape index (κ2) is 3.57. The molecular formula is C11H7ClN2OS. The molecule has 0 aliphatic heterocycles. The van der Waals surface area contributed by atoms with E-state index in [2.05, 4.69) is 9.97 Å². The summed E-state index contributed by atoms with van der Waals surface area (Å²) in [5.41, 5.74) is 1.87. The Morgan fingerprint density at radius 3 is 3.00 bits per heavy atom. The van der Waals surface area contributed by atoms with Gasteiger partial charge in [0.25, 0.3) is 0 Å². The molecule has 0 atom stereocenters. The number of hydrogen-bond acceptors (Lipinski definition) is 4. The maximum atomic E-state index is 6.03. The zero-order valence-electron chi connectivity index (χ0n) is 8.40. The Balaban J connectivity index is 2.41. The number of thiophene rings is 1. The van der Waals surface area contributed by atoms with Crippen LogP contribution in [0.2, 0.25) is 5.15 Å². The first-order valence-corrected chi connectivity index (χ1v) is 5.90. The normalized spacial score (nSPS) is 11.1. The number of hydrogen-bond donors (Lipinski definition) is 0. The van der Waals surface area contributed by atoms with E-state index in [1.807, 2.05) is 19.1 Å². The van der Waals surface area contributed by atoms with Gasteiger partial charge in [-0.2, -0.15) is 0 Å². The van der Waals surface area contributed by atoms with Gasteiger partial charge >= 0.3 is 0 Å². The van der Waals surface area contributed by atoms with E-state index in [4.69, 9.17) is 16.0 Å². The molecule has 0 saturated carbocycles. The van der Waals surface area contributed by atoms with Crippen LogP contribution < -0.4 is 0 Å². The highest BCUT2D eigenvalue weighted by molar-refractivity contribution is 7.20. The van der Waals surface area contributed by atoms with Gasteiger partial charge in [0.05, 0.1) is 22.0 Å². The van der Waals surface area contributed by atoms with Crippen LogP contribution in [0.1, 0.15) is 4.88 Å². The summed E-state index contributed by atoms with van der Waals surface area (Å²) in [7, 11) is 0. The van der Waals surface area contributed by atoms with Crippen molar-refractivity contribution in [3.63, 3.8) is 0 Å². The van der Waals surface area contributed by atoms with Gasteiger partial charge in [-0.3, -0.25) is 0 Å². The topological polar surface area (TPSA) is 38.9 Å². The first-order chi connectivity index (χ1) is 7.77. The summed E-state index contributed by atoms with van der Waals surface area (Å²) in [4.78, 5) is 9.38. The zero-order valence-corrected chi connectivity index (χ0v) is 9.97. The van der Waals surface area contributed by atoms with Crippen LogP contribution in [0.15, 0.2) is 29.1 Å². The van der Waals surface area contributed by atoms with Crippen LogP contribution in [-0.2, 0) is 0 Å². The molecule has 0 radical (unpaired) electrons. The van der Waals surface area contributed by atoms with Crippen molar-refractivity contribution in [2.45, 2.75) is 6.92 Å². The number of nitrogens with zero attached hydrogens (tertiary/aromatic N) is 2. The van der Waals surface area contributed by atoms with Crippen LogP contribution in [0.4, 0.5) is 0 Å². The van der Waals surface area contributed by atoms with E-state index in [9.17, 15) is 0 Å². The molecule has 0 unspecified atom stereocenters. The SMILES string of the molecule is Cc1sc2c(Cl)ncnc2c1-c1ccco1. The number of furan rings is 1. The molecule has 3 nitrogen and oxygen atoms in total. The summed E-state index contributed by atoms with van der Waals surface area (Å²) in [5, 5.41) is 0.496. The van der Waals surface area contributed by atoms with Crippen molar-refractivity contribution in [3.8, 4) is 11.3 Å². The molecule has 3 rings (SSSR count). The van der Waals surface area contributed by atoms with E-state index in [0.717, 1.165) is 26.4 Å². The predicted octanol–water partition coefficient (Wildman–Crippen LogP) is 3.91. The van der Waals surface area contributed by atoms with E-state index in [-0.39, 0.29) is 0 Å². The van der Waals surface area contributed by atoms with Gasteiger partial charge in [-0.1, -0.05) is 11.6 Å². The van der Waals surface area contributed by atoms with E-state index >= 15 is 0 Å². The first kappa shape index (κ1) is 9.81. The molecule has 0 aromatic carbocycles. The Bertz CT molecular complexity index is 645. The molecule has 0 fully saturated rings. The molecule has 3 heterocycles. The van der Waals surface area contributed by atoms with Gasteiger partial charge in [0.2, 0.25) is 0 Å². The first-order valence-electron chi connectivity index (χ1n) is 4.71. The highest BCUT2D eigenvalue weighted by Crippen LogP contribution is 2.39. The van der Waals surface area contributed by atoms with Crippen LogP contribution in [-0.4, -0.2) is 9.97 Å². The van der Waals surface area contributed by atoms with Crippen LogP contribution in [0, 0.1) is 6.92 Å². The van der Waals surface area contributed by atoms with Crippen molar-refractivity contribution in [1.82, 2.24) is 9.97 Å². The molecule has 0 aliphatic carbocycles. The Morgan fingerprint density at radius 2 is 2.25 bits per heavy atom. The lowest BCUT2D eigenvalue weighted by Gasteiger charge is -1.95. The van der Waals surface area contributed by atoms with Crippen molar-refractivity contribution in [3.05, 3.63) is 34.8 Å². The maximum absolute atomic E-state index is 6.03. The second-order valence-electron chi connectivity index (χ2n) is 3.35. The minimum absolute atomic E-state index is 0.496. The fourth-order valence-corrected chi connectivity index (χ4v) is 2.95. The highest BCUT2D eigenvalue weighted by Gasteiger charge is 2.16. The Hall–Kier alpha value is -1.39. The minimum atomic E-state index is 0.496. The molecule has 0 aliphatic rings. The number of aromatic nitrogens is 2. The van der Waals surface area contributed by atoms with Crippen molar-refractivity contribution in [2.75, 3.05) is 0 Å². The van der Waals surface area contributed by atoms with Gasteiger partial charge < -0.3 is 4.42 Å². The molecule has 3 aromatic heterocycles. The number of rotatable bonds is 1. The number of halogens is 1. The second-order valence-corrected chi connectivity index (χ2v) is 4.94. The minimum Gasteiger partial charge on any atom is -0.464 e. The Kier molecular flexibility index (Phi) is 2.19. The van der Waals surface area contributed by atoms with Gasteiger partial charge in [0, 0.05) is 4.88 Å². The Morgan fingerprint density at radius 1 is 1.38 bits per heavy atom. The van der Waals surface area contributed by atoms with Crippen molar-refractivity contribution in [1.29, 1.82) is 0 Å². The fraction of sp³-hybridized carbons (Fsp3) is 0.0909. The van der Waals surface area contributed by atoms with Gasteiger partial charge in [0.15, 0.2) is 0 Å². The number of aryl methyl sites for hydroxylation is 1. The smallest absolute Gasteiger partial charge is 0.150 e. The lowest BCUT2D eigenvalue weighted by atomic mass is 10.2. The lowest BCUT2D eigenvalue weighted by Crippen LogP contribution is -1.81. The third-order valence-corrected chi connectivity index (χ3v) is 3.87. The third kappa shape index (κ3) is 1.34. The maximum Gasteiger partial charge on any atom is 0.150 e. The lowest BCUT2D eigenvalue weighted by molar-refractivity contribution is 0.582. The molecule has 80 valence electrons. The standard InChI is InChI=1S/C11H7ClN2OS/c1-6-8(7-3-2-4-15-7)9-10(16-6)11(12)14-5-13-9/h2-5H,1H3. The molecule has 0 N–H and O–H groups in total. The molecule has 16 heavy (non-hydrogen) atoms. The molecule has 5 heteroatoms. The van der Waals surface area contributed by atoms with Gasteiger partial charge in [-0.15, -0.1) is 11.3 Å². The third-order valence-electron chi connectivity index (χ3n) is 2.37. The zero-order chi connectivity index (χ0) is 11.1. The molecule has 3 aromatic rings. The highest BCUT2D eigenvalue weighted by atomic mass is 35.5. The van der Waals surface area contributed by atoms with Crippen molar-refractivity contribution in [2.24, 2.45) is 0 Å². The van der Waals surface area contributed by atoms with Crippen LogP contribution in [0.5, 0.6) is 0 Å². The summed E-state index contributed by atoms with van der Waals surface area (Å²) in [6, 6.07) is 3.78. The molecule has 0 spiro atoms. The Labute approximate surface area is 101 Å². The van der Waals surface area contributed by atoms with E-state index in [0.29, 0.717) is 5.15 Å². The average molecular weight is 251 g/mol. The molecular weight excluding hydrogens is 244 g/mol. The van der Waals surface area contributed by atoms with E-state index in [1.54, 1.807) is 17.6 Å². The summed E-state index contributed by atoms with van der Waals surface area (Å²) in [6.07, 6.45) is 3.13. The summed E-state index contributed by atoms with van der Waals surface area (Å²) < 4.78 is 6.32. The predicted molar refractivity (Wildman–Crippen MR) is 64.9 cm³/mol. The fourth-order valence-electron chi connectivity index (χ4n) is 1.70. The van der Waals surface area contributed by atoms with Gasteiger partial charge in [0.1, 0.15) is 17.2 Å². The monoisotopic (exact) mass is 250 g/mol. The van der Waals surface area contributed by atoms with E-state index in [1.165, 1.54) is 6.33 Å². The van der Waals surface area contributed by atoms with Gasteiger partial charge in [-0.25, -0.2) is 9.97 Å².